The Balaban J connectivity index is 1.55. The number of aryl methyl sites for hydroxylation is 2. The molecule has 1 N–H and O–H groups in total. The number of carbonyl (C=O) groups is 1. The Labute approximate surface area is 162 Å². The Morgan fingerprint density at radius 3 is 2.57 bits per heavy atom. The zero-order valence-electron chi connectivity index (χ0n) is 15.3. The summed E-state index contributed by atoms with van der Waals surface area (Å²) in [7, 11) is 0. The standard InChI is InChI=1S/C23H20FN3O/c24-19-10-6-9-18(15-19)23(28)25-16-22-26-20-11-4-5-12-21(20)27(22)14-13-17-7-2-1-3-8-17/h1-12,15H,13-14,16H2,(H,25,28). The van der Waals surface area contributed by atoms with Gasteiger partial charge in [0, 0.05) is 12.1 Å². The van der Waals surface area contributed by atoms with Crippen LogP contribution in [0.3, 0.4) is 0 Å². The van der Waals surface area contributed by atoms with E-state index in [2.05, 4.69) is 27.0 Å². The molecular weight excluding hydrogens is 353 g/mol. The van der Waals surface area contributed by atoms with E-state index in [1.807, 2.05) is 42.5 Å². The summed E-state index contributed by atoms with van der Waals surface area (Å²) in [6.45, 7) is 1.04. The van der Waals surface area contributed by atoms with E-state index in [1.54, 1.807) is 6.07 Å². The molecule has 4 rings (SSSR count). The van der Waals surface area contributed by atoms with Crippen molar-refractivity contribution in [3.8, 4) is 0 Å². The summed E-state index contributed by atoms with van der Waals surface area (Å²) in [4.78, 5) is 17.0. The first-order valence-electron chi connectivity index (χ1n) is 9.22. The van der Waals surface area contributed by atoms with E-state index in [-0.39, 0.29) is 12.5 Å². The molecule has 1 amide bonds. The SMILES string of the molecule is O=C(NCc1nc2ccccc2n1CCc1ccccc1)c1cccc(F)c1. The smallest absolute Gasteiger partial charge is 0.251 e. The number of hydrogen-bond acceptors (Lipinski definition) is 2. The molecule has 4 nitrogen and oxygen atoms in total. The van der Waals surface area contributed by atoms with Gasteiger partial charge in [-0.2, -0.15) is 0 Å². The molecule has 1 heterocycles. The average molecular weight is 373 g/mol. The van der Waals surface area contributed by atoms with Crippen LogP contribution < -0.4 is 5.32 Å². The molecule has 1 aromatic heterocycles. The Morgan fingerprint density at radius 1 is 0.964 bits per heavy atom. The maximum absolute atomic E-state index is 13.4. The van der Waals surface area contributed by atoms with Gasteiger partial charge in [-0.15, -0.1) is 0 Å². The minimum absolute atomic E-state index is 0.277. The molecule has 140 valence electrons. The molecule has 4 aromatic rings. The number of benzene rings is 3. The van der Waals surface area contributed by atoms with Crippen LogP contribution >= 0.6 is 0 Å². The molecule has 0 aliphatic carbocycles. The van der Waals surface area contributed by atoms with Crippen LogP contribution in [0.4, 0.5) is 4.39 Å². The number of nitrogens with zero attached hydrogens (tertiary/aromatic N) is 2. The molecule has 0 unspecified atom stereocenters. The lowest BCUT2D eigenvalue weighted by Crippen LogP contribution is -2.25. The van der Waals surface area contributed by atoms with Gasteiger partial charge in [0.15, 0.2) is 0 Å². The molecule has 3 aromatic carbocycles. The molecule has 5 heteroatoms. The Kier molecular flexibility index (Phi) is 5.15. The summed E-state index contributed by atoms with van der Waals surface area (Å²) in [6, 6.07) is 23.9. The molecule has 0 aliphatic heterocycles. The number of amides is 1. The molecule has 0 aliphatic rings. The van der Waals surface area contributed by atoms with E-state index in [9.17, 15) is 9.18 Å². The number of aromatic nitrogens is 2. The van der Waals surface area contributed by atoms with E-state index in [1.165, 1.54) is 23.8 Å². The van der Waals surface area contributed by atoms with Gasteiger partial charge in [0.25, 0.3) is 5.91 Å². The fraction of sp³-hybridized carbons (Fsp3) is 0.130. The average Bonchev–Trinajstić information content (AvgIpc) is 3.08. The van der Waals surface area contributed by atoms with Gasteiger partial charge >= 0.3 is 0 Å². The second kappa shape index (κ2) is 8.05. The topological polar surface area (TPSA) is 46.9 Å². The van der Waals surface area contributed by atoms with Gasteiger partial charge in [-0.1, -0.05) is 48.5 Å². The summed E-state index contributed by atoms with van der Waals surface area (Å²) >= 11 is 0. The van der Waals surface area contributed by atoms with Crippen LogP contribution in [-0.4, -0.2) is 15.5 Å². The Bertz CT molecular complexity index is 1110. The number of rotatable bonds is 6. The van der Waals surface area contributed by atoms with Gasteiger partial charge < -0.3 is 9.88 Å². The molecule has 0 bridgehead atoms. The molecule has 0 radical (unpaired) electrons. The highest BCUT2D eigenvalue weighted by Crippen LogP contribution is 2.17. The number of carbonyl (C=O) groups excluding carboxylic acids is 1. The van der Waals surface area contributed by atoms with E-state index >= 15 is 0 Å². The first-order valence-corrected chi connectivity index (χ1v) is 9.22. The van der Waals surface area contributed by atoms with Gasteiger partial charge in [-0.05, 0) is 42.3 Å². The van der Waals surface area contributed by atoms with E-state index < -0.39 is 5.82 Å². The van der Waals surface area contributed by atoms with Crippen molar-refractivity contribution in [1.29, 1.82) is 0 Å². The van der Waals surface area contributed by atoms with E-state index in [0.29, 0.717) is 5.56 Å². The highest BCUT2D eigenvalue weighted by Gasteiger charge is 2.13. The maximum Gasteiger partial charge on any atom is 0.251 e. The molecule has 0 atom stereocenters. The third-order valence-corrected chi connectivity index (χ3v) is 4.69. The Morgan fingerprint density at radius 2 is 1.75 bits per heavy atom. The second-order valence-corrected chi connectivity index (χ2v) is 6.60. The van der Waals surface area contributed by atoms with E-state index in [4.69, 9.17) is 0 Å². The summed E-state index contributed by atoms with van der Waals surface area (Å²) < 4.78 is 15.5. The van der Waals surface area contributed by atoms with Crippen LogP contribution in [0.5, 0.6) is 0 Å². The van der Waals surface area contributed by atoms with E-state index in [0.717, 1.165) is 29.8 Å². The highest BCUT2D eigenvalue weighted by molar-refractivity contribution is 5.94. The largest absolute Gasteiger partial charge is 0.345 e. The predicted molar refractivity (Wildman–Crippen MR) is 107 cm³/mol. The van der Waals surface area contributed by atoms with Crippen LogP contribution in [0.2, 0.25) is 0 Å². The van der Waals surface area contributed by atoms with Gasteiger partial charge in [0.05, 0.1) is 17.6 Å². The van der Waals surface area contributed by atoms with Crippen molar-refractivity contribution < 1.29 is 9.18 Å². The number of nitrogens with one attached hydrogen (secondary N) is 1. The van der Waals surface area contributed by atoms with Crippen molar-refractivity contribution in [2.24, 2.45) is 0 Å². The fourth-order valence-corrected chi connectivity index (χ4v) is 3.29. The van der Waals surface area contributed by atoms with Crippen molar-refractivity contribution in [2.75, 3.05) is 0 Å². The molecule has 0 fully saturated rings. The maximum atomic E-state index is 13.4. The lowest BCUT2D eigenvalue weighted by molar-refractivity contribution is 0.0949. The number of fused-ring (bicyclic) bond motifs is 1. The normalized spacial score (nSPS) is 10.9. The summed E-state index contributed by atoms with van der Waals surface area (Å²) in [5.74, 6) is 0.0331. The first kappa shape index (κ1) is 17.9. The summed E-state index contributed by atoms with van der Waals surface area (Å²) in [6.07, 6.45) is 0.867. The van der Waals surface area contributed by atoms with Crippen LogP contribution in [0.1, 0.15) is 21.7 Å². The fourth-order valence-electron chi connectivity index (χ4n) is 3.29. The van der Waals surface area contributed by atoms with Gasteiger partial charge in [0.1, 0.15) is 11.6 Å². The van der Waals surface area contributed by atoms with Crippen molar-refractivity contribution >= 4 is 16.9 Å². The second-order valence-electron chi connectivity index (χ2n) is 6.60. The van der Waals surface area contributed by atoms with Crippen LogP contribution in [0, 0.1) is 5.82 Å². The third-order valence-electron chi connectivity index (χ3n) is 4.69. The lowest BCUT2D eigenvalue weighted by atomic mass is 10.1. The number of para-hydroxylation sites is 2. The molecule has 0 saturated carbocycles. The van der Waals surface area contributed by atoms with Gasteiger partial charge in [0.2, 0.25) is 0 Å². The Hall–Kier alpha value is -3.47. The van der Waals surface area contributed by atoms with Crippen LogP contribution in [0.25, 0.3) is 11.0 Å². The zero-order valence-corrected chi connectivity index (χ0v) is 15.3. The minimum atomic E-state index is -0.428. The van der Waals surface area contributed by atoms with Crippen molar-refractivity contribution in [3.05, 3.63) is 102 Å². The molecule has 28 heavy (non-hydrogen) atoms. The number of hydrogen-bond donors (Lipinski definition) is 1. The van der Waals surface area contributed by atoms with Crippen molar-refractivity contribution in [1.82, 2.24) is 14.9 Å². The number of halogens is 1. The summed E-state index contributed by atoms with van der Waals surface area (Å²) in [5, 5.41) is 2.85. The van der Waals surface area contributed by atoms with Crippen molar-refractivity contribution in [3.63, 3.8) is 0 Å². The van der Waals surface area contributed by atoms with Crippen LogP contribution in [-0.2, 0) is 19.5 Å². The monoisotopic (exact) mass is 373 g/mol. The van der Waals surface area contributed by atoms with Crippen LogP contribution in [0.15, 0.2) is 78.9 Å². The molecule has 0 spiro atoms. The molecular formula is C23H20FN3O. The van der Waals surface area contributed by atoms with Crippen molar-refractivity contribution in [2.45, 2.75) is 19.5 Å². The minimum Gasteiger partial charge on any atom is -0.345 e. The van der Waals surface area contributed by atoms with Gasteiger partial charge in [-0.25, -0.2) is 9.37 Å². The molecule has 0 saturated heterocycles. The zero-order chi connectivity index (χ0) is 19.3. The highest BCUT2D eigenvalue weighted by atomic mass is 19.1. The first-order chi connectivity index (χ1) is 13.7. The number of imidazole rings is 1. The van der Waals surface area contributed by atoms with Gasteiger partial charge in [-0.3, -0.25) is 4.79 Å². The lowest BCUT2D eigenvalue weighted by Gasteiger charge is -2.10. The quantitative estimate of drug-likeness (QED) is 0.546. The predicted octanol–water partition coefficient (Wildman–Crippen LogP) is 4.35. The summed E-state index contributed by atoms with van der Waals surface area (Å²) in [5.41, 5.74) is 3.47. The third kappa shape index (κ3) is 3.93.